The average Bonchev–Trinajstić information content (AvgIpc) is 2.86. The number of thiazole rings is 1. The second-order valence-corrected chi connectivity index (χ2v) is 5.90. The minimum Gasteiger partial charge on any atom is -0.399 e. The monoisotopic (exact) mass is 273 g/mol. The van der Waals surface area contributed by atoms with Gasteiger partial charge in [0.25, 0.3) is 0 Å². The molecule has 100 valence electrons. The molecule has 0 saturated heterocycles. The van der Waals surface area contributed by atoms with Crippen LogP contribution in [0.1, 0.15) is 42.6 Å². The number of anilines is 2. The summed E-state index contributed by atoms with van der Waals surface area (Å²) in [6, 6.07) is 6.65. The lowest BCUT2D eigenvalue weighted by molar-refractivity contribution is 0.600. The van der Waals surface area contributed by atoms with Crippen LogP contribution < -0.4 is 11.1 Å². The first kappa shape index (κ1) is 12.5. The van der Waals surface area contributed by atoms with Crippen molar-refractivity contribution in [1.29, 1.82) is 0 Å². The summed E-state index contributed by atoms with van der Waals surface area (Å²) >= 11 is 1.70. The highest BCUT2D eigenvalue weighted by Gasteiger charge is 2.20. The van der Waals surface area contributed by atoms with Crippen LogP contribution in [0, 0.1) is 0 Å². The molecule has 0 amide bonds. The largest absolute Gasteiger partial charge is 0.399 e. The van der Waals surface area contributed by atoms with Crippen LogP contribution in [0.15, 0.2) is 23.6 Å². The Kier molecular flexibility index (Phi) is 3.42. The Morgan fingerprint density at radius 2 is 2.37 bits per heavy atom. The predicted molar refractivity (Wildman–Crippen MR) is 81.6 cm³/mol. The van der Waals surface area contributed by atoms with Crippen molar-refractivity contribution in [3.63, 3.8) is 0 Å². The van der Waals surface area contributed by atoms with E-state index in [-0.39, 0.29) is 0 Å². The predicted octanol–water partition coefficient (Wildman–Crippen LogP) is 3.78. The third kappa shape index (κ3) is 2.59. The van der Waals surface area contributed by atoms with E-state index < -0.39 is 0 Å². The van der Waals surface area contributed by atoms with Gasteiger partial charge in [0, 0.05) is 11.1 Å². The van der Waals surface area contributed by atoms with Crippen LogP contribution in [0.4, 0.5) is 10.8 Å². The van der Waals surface area contributed by atoms with E-state index in [1.54, 1.807) is 11.3 Å². The summed E-state index contributed by atoms with van der Waals surface area (Å²) < 4.78 is 0. The molecule has 1 aromatic carbocycles. The number of aryl methyl sites for hydroxylation is 2. The van der Waals surface area contributed by atoms with Crippen LogP contribution in [-0.2, 0) is 12.8 Å². The van der Waals surface area contributed by atoms with Crippen molar-refractivity contribution < 1.29 is 0 Å². The Bertz CT molecular complexity index is 577. The van der Waals surface area contributed by atoms with E-state index in [1.807, 2.05) is 6.07 Å². The quantitative estimate of drug-likeness (QED) is 0.837. The third-order valence-electron chi connectivity index (χ3n) is 3.69. The molecule has 3 N–H and O–H groups in total. The molecule has 0 spiro atoms. The molecular formula is C15H19N3S. The van der Waals surface area contributed by atoms with Gasteiger partial charge < -0.3 is 11.1 Å². The molecule has 0 bridgehead atoms. The lowest BCUT2D eigenvalue weighted by Gasteiger charge is -2.26. The molecule has 2 aromatic rings. The number of nitrogen functional groups attached to an aromatic ring is 1. The first-order chi connectivity index (χ1) is 9.26. The van der Waals surface area contributed by atoms with E-state index in [4.69, 9.17) is 5.73 Å². The number of hydrogen-bond acceptors (Lipinski definition) is 4. The van der Waals surface area contributed by atoms with Crippen LogP contribution in [0.3, 0.4) is 0 Å². The summed E-state index contributed by atoms with van der Waals surface area (Å²) in [5.74, 6) is 0. The van der Waals surface area contributed by atoms with Crippen LogP contribution in [-0.4, -0.2) is 4.98 Å². The van der Waals surface area contributed by atoms with E-state index in [2.05, 4.69) is 34.7 Å². The first-order valence-electron chi connectivity index (χ1n) is 6.85. The SMILES string of the molecule is CCc1csc(NC2CCCc3cc(N)ccc32)n1. The molecule has 4 heteroatoms. The van der Waals surface area contributed by atoms with Gasteiger partial charge in [0.15, 0.2) is 5.13 Å². The Morgan fingerprint density at radius 3 is 3.16 bits per heavy atom. The van der Waals surface area contributed by atoms with Gasteiger partial charge in [-0.1, -0.05) is 13.0 Å². The first-order valence-corrected chi connectivity index (χ1v) is 7.73. The average molecular weight is 273 g/mol. The molecule has 0 aliphatic heterocycles. The number of nitrogens with two attached hydrogens (primary N) is 1. The zero-order valence-electron chi connectivity index (χ0n) is 11.1. The van der Waals surface area contributed by atoms with Crippen LogP contribution in [0.2, 0.25) is 0 Å². The maximum absolute atomic E-state index is 5.87. The Morgan fingerprint density at radius 1 is 1.47 bits per heavy atom. The minimum absolute atomic E-state index is 0.375. The summed E-state index contributed by atoms with van der Waals surface area (Å²) in [4.78, 5) is 4.60. The van der Waals surface area contributed by atoms with Gasteiger partial charge in [-0.3, -0.25) is 0 Å². The van der Waals surface area contributed by atoms with Gasteiger partial charge in [0.1, 0.15) is 0 Å². The second-order valence-electron chi connectivity index (χ2n) is 5.04. The zero-order chi connectivity index (χ0) is 13.2. The molecule has 19 heavy (non-hydrogen) atoms. The molecule has 0 radical (unpaired) electrons. The van der Waals surface area contributed by atoms with E-state index in [1.165, 1.54) is 23.2 Å². The summed E-state index contributed by atoms with van der Waals surface area (Å²) in [7, 11) is 0. The number of benzene rings is 1. The Labute approximate surface area is 117 Å². The molecule has 1 heterocycles. The number of nitrogens with zero attached hydrogens (tertiary/aromatic N) is 1. The van der Waals surface area contributed by atoms with Gasteiger partial charge in [0.05, 0.1) is 11.7 Å². The summed E-state index contributed by atoms with van der Waals surface area (Å²) in [5, 5.41) is 6.75. The van der Waals surface area contributed by atoms with Crippen molar-refractivity contribution >= 4 is 22.2 Å². The maximum Gasteiger partial charge on any atom is 0.183 e. The molecule has 3 rings (SSSR count). The number of hydrogen-bond donors (Lipinski definition) is 2. The van der Waals surface area contributed by atoms with Crippen LogP contribution in [0.5, 0.6) is 0 Å². The lowest BCUT2D eigenvalue weighted by atomic mass is 9.87. The molecule has 1 unspecified atom stereocenters. The fourth-order valence-electron chi connectivity index (χ4n) is 2.67. The van der Waals surface area contributed by atoms with Crippen molar-refractivity contribution in [3.8, 4) is 0 Å². The topological polar surface area (TPSA) is 50.9 Å². The van der Waals surface area contributed by atoms with E-state index >= 15 is 0 Å². The van der Waals surface area contributed by atoms with E-state index in [9.17, 15) is 0 Å². The van der Waals surface area contributed by atoms with Gasteiger partial charge in [-0.25, -0.2) is 4.98 Å². The highest BCUT2D eigenvalue weighted by molar-refractivity contribution is 7.13. The normalized spacial score (nSPS) is 18.1. The number of rotatable bonds is 3. The van der Waals surface area contributed by atoms with E-state index in [0.29, 0.717) is 6.04 Å². The van der Waals surface area contributed by atoms with Gasteiger partial charge >= 0.3 is 0 Å². The molecule has 1 aromatic heterocycles. The number of nitrogens with one attached hydrogen (secondary N) is 1. The van der Waals surface area contributed by atoms with Crippen molar-refractivity contribution in [2.45, 2.75) is 38.6 Å². The van der Waals surface area contributed by atoms with Gasteiger partial charge in [-0.2, -0.15) is 0 Å². The van der Waals surface area contributed by atoms with Crippen molar-refractivity contribution in [2.24, 2.45) is 0 Å². The fraction of sp³-hybridized carbons (Fsp3) is 0.400. The third-order valence-corrected chi connectivity index (χ3v) is 4.52. The molecular weight excluding hydrogens is 254 g/mol. The number of aromatic nitrogens is 1. The smallest absolute Gasteiger partial charge is 0.183 e. The summed E-state index contributed by atoms with van der Waals surface area (Å²) in [6.07, 6.45) is 4.50. The molecule has 1 aliphatic carbocycles. The maximum atomic E-state index is 5.87. The van der Waals surface area contributed by atoms with Crippen LogP contribution in [0.25, 0.3) is 0 Å². The number of fused-ring (bicyclic) bond motifs is 1. The molecule has 1 aliphatic rings. The zero-order valence-corrected chi connectivity index (χ0v) is 12.0. The van der Waals surface area contributed by atoms with Gasteiger partial charge in [0.2, 0.25) is 0 Å². The van der Waals surface area contributed by atoms with Gasteiger partial charge in [-0.15, -0.1) is 11.3 Å². The Balaban J connectivity index is 1.83. The Hall–Kier alpha value is -1.55. The fourth-order valence-corrected chi connectivity index (χ4v) is 3.52. The second kappa shape index (κ2) is 5.21. The molecule has 0 fully saturated rings. The van der Waals surface area contributed by atoms with E-state index in [0.717, 1.165) is 30.1 Å². The summed E-state index contributed by atoms with van der Waals surface area (Å²) in [5.41, 5.74) is 10.7. The lowest BCUT2D eigenvalue weighted by Crippen LogP contribution is -2.17. The van der Waals surface area contributed by atoms with Crippen molar-refractivity contribution in [1.82, 2.24) is 4.98 Å². The van der Waals surface area contributed by atoms with Gasteiger partial charge in [-0.05, 0) is 48.9 Å². The minimum atomic E-state index is 0.375. The molecule has 0 saturated carbocycles. The highest BCUT2D eigenvalue weighted by atomic mass is 32.1. The van der Waals surface area contributed by atoms with Crippen molar-refractivity contribution in [2.75, 3.05) is 11.1 Å². The highest BCUT2D eigenvalue weighted by Crippen LogP contribution is 2.34. The molecule has 1 atom stereocenters. The summed E-state index contributed by atoms with van der Waals surface area (Å²) in [6.45, 7) is 2.14. The van der Waals surface area contributed by atoms with Crippen molar-refractivity contribution in [3.05, 3.63) is 40.4 Å². The standard InChI is InChI=1S/C15H19N3S/c1-2-12-9-19-15(17-12)18-14-5-3-4-10-8-11(16)6-7-13(10)14/h6-9,14H,2-5,16H2,1H3,(H,17,18). The van der Waals surface area contributed by atoms with Crippen LogP contribution >= 0.6 is 11.3 Å². The molecule has 3 nitrogen and oxygen atoms in total.